The summed E-state index contributed by atoms with van der Waals surface area (Å²) in [6, 6.07) is 9.01. The standard InChI is InChI=1S/C25H31FN6O2/c1-16-13-32(22-11-24(33)29(4)23-14-30(9-8-27)28-25(22)23)17(2)12-31(16)18(3)21-7-6-20(26)10-19(21)15-34-5/h6-7,10-11,14,16-18H,9,12-13,15H2,1-5H3/t16-,17+,18-/m1/s1. The second kappa shape index (κ2) is 9.57. The Labute approximate surface area is 198 Å². The van der Waals surface area contributed by atoms with Crippen molar-refractivity contribution in [3.8, 4) is 6.07 Å². The number of fused-ring (bicyclic) bond motifs is 1. The average Bonchev–Trinajstić information content (AvgIpc) is 3.22. The summed E-state index contributed by atoms with van der Waals surface area (Å²) in [6.07, 6.45) is 1.75. The van der Waals surface area contributed by atoms with Gasteiger partial charge in [0.15, 0.2) is 0 Å². The Morgan fingerprint density at radius 3 is 2.74 bits per heavy atom. The number of nitrogens with zero attached hydrogens (tertiary/aromatic N) is 6. The van der Waals surface area contributed by atoms with E-state index in [1.165, 1.54) is 6.07 Å². The lowest BCUT2D eigenvalue weighted by atomic mass is 9.96. The molecule has 0 radical (unpaired) electrons. The Balaban J connectivity index is 1.66. The second-order valence-corrected chi connectivity index (χ2v) is 9.14. The lowest BCUT2D eigenvalue weighted by Gasteiger charge is -2.48. The highest BCUT2D eigenvalue weighted by atomic mass is 19.1. The molecule has 0 spiro atoms. The fourth-order valence-corrected chi connectivity index (χ4v) is 5.08. The first-order valence-corrected chi connectivity index (χ1v) is 11.5. The molecule has 1 fully saturated rings. The lowest BCUT2D eigenvalue weighted by molar-refractivity contribution is 0.116. The molecule has 9 heteroatoms. The molecule has 0 bridgehead atoms. The van der Waals surface area contributed by atoms with Crippen molar-refractivity contribution in [2.24, 2.45) is 7.05 Å². The van der Waals surface area contributed by atoms with Crippen LogP contribution < -0.4 is 10.5 Å². The van der Waals surface area contributed by atoms with Gasteiger partial charge >= 0.3 is 0 Å². The number of methoxy groups -OCH3 is 1. The minimum absolute atomic E-state index is 0.0730. The normalized spacial score (nSPS) is 20.0. The van der Waals surface area contributed by atoms with Gasteiger partial charge in [-0.05, 0) is 44.0 Å². The maximum absolute atomic E-state index is 13.9. The first kappa shape index (κ1) is 23.9. The summed E-state index contributed by atoms with van der Waals surface area (Å²) in [5, 5.41) is 13.7. The molecule has 1 aliphatic heterocycles. The zero-order chi connectivity index (χ0) is 24.6. The van der Waals surface area contributed by atoms with E-state index in [4.69, 9.17) is 10.00 Å². The van der Waals surface area contributed by atoms with Gasteiger partial charge in [-0.2, -0.15) is 10.4 Å². The highest BCUT2D eigenvalue weighted by Crippen LogP contribution is 2.33. The Morgan fingerprint density at radius 2 is 2.03 bits per heavy atom. The Hall–Kier alpha value is -3.22. The predicted octanol–water partition coefficient (Wildman–Crippen LogP) is 3.20. The highest BCUT2D eigenvalue weighted by Gasteiger charge is 2.34. The molecule has 8 nitrogen and oxygen atoms in total. The van der Waals surface area contributed by atoms with E-state index in [0.717, 1.165) is 28.9 Å². The highest BCUT2D eigenvalue weighted by molar-refractivity contribution is 5.88. The van der Waals surface area contributed by atoms with Crippen LogP contribution in [0.3, 0.4) is 0 Å². The smallest absolute Gasteiger partial charge is 0.252 e. The first-order chi connectivity index (χ1) is 16.2. The fourth-order valence-electron chi connectivity index (χ4n) is 5.08. The van der Waals surface area contributed by atoms with Gasteiger partial charge < -0.3 is 14.2 Å². The number of aromatic nitrogens is 3. The van der Waals surface area contributed by atoms with E-state index in [-0.39, 0.29) is 36.0 Å². The van der Waals surface area contributed by atoms with E-state index >= 15 is 0 Å². The number of ether oxygens (including phenoxy) is 1. The maximum Gasteiger partial charge on any atom is 0.252 e. The molecule has 3 aromatic rings. The van der Waals surface area contributed by atoms with Crippen molar-refractivity contribution in [3.63, 3.8) is 0 Å². The van der Waals surface area contributed by atoms with Crippen molar-refractivity contribution in [3.05, 3.63) is 57.8 Å². The van der Waals surface area contributed by atoms with Crippen LogP contribution >= 0.6 is 0 Å². The quantitative estimate of drug-likeness (QED) is 0.555. The van der Waals surface area contributed by atoms with Gasteiger partial charge in [-0.1, -0.05) is 6.07 Å². The topological polar surface area (TPSA) is 79.3 Å². The van der Waals surface area contributed by atoms with Crippen LogP contribution in [0.5, 0.6) is 0 Å². The van der Waals surface area contributed by atoms with Gasteiger partial charge in [0.05, 0.1) is 30.1 Å². The molecule has 4 rings (SSSR count). The van der Waals surface area contributed by atoms with Crippen LogP contribution in [0.4, 0.5) is 10.1 Å². The van der Waals surface area contributed by atoms with E-state index in [1.807, 2.05) is 6.07 Å². The van der Waals surface area contributed by atoms with Crippen LogP contribution in [0.15, 0.2) is 35.3 Å². The summed E-state index contributed by atoms with van der Waals surface area (Å²) >= 11 is 0. The van der Waals surface area contributed by atoms with Crippen LogP contribution in [0, 0.1) is 17.1 Å². The number of rotatable bonds is 6. The fraction of sp³-hybridized carbons (Fsp3) is 0.480. The number of anilines is 1. The van der Waals surface area contributed by atoms with Gasteiger partial charge in [0.2, 0.25) is 0 Å². The van der Waals surface area contributed by atoms with Crippen LogP contribution in [0.1, 0.15) is 37.9 Å². The third-order valence-corrected chi connectivity index (χ3v) is 6.87. The van der Waals surface area contributed by atoms with Crippen LogP contribution in [-0.4, -0.2) is 51.5 Å². The molecular weight excluding hydrogens is 435 g/mol. The molecular formula is C25H31FN6O2. The Bertz CT molecular complexity index is 1290. The molecule has 0 saturated carbocycles. The molecule has 3 atom stereocenters. The van der Waals surface area contributed by atoms with Crippen LogP contribution in [0.2, 0.25) is 0 Å². The van der Waals surface area contributed by atoms with E-state index in [0.29, 0.717) is 18.7 Å². The SMILES string of the molecule is COCc1cc(F)ccc1[C@@H](C)N1C[C@H](C)N(c2cc(=O)n(C)c3cn(CC#N)nc23)C[C@H]1C. The van der Waals surface area contributed by atoms with Gasteiger partial charge in [0.25, 0.3) is 5.56 Å². The van der Waals surface area contributed by atoms with Crippen molar-refractivity contribution in [2.45, 2.75) is 52.0 Å². The minimum Gasteiger partial charge on any atom is -0.380 e. The van der Waals surface area contributed by atoms with Gasteiger partial charge in [-0.3, -0.25) is 14.4 Å². The molecule has 1 aromatic carbocycles. The summed E-state index contributed by atoms with van der Waals surface area (Å²) in [6.45, 7) is 8.41. The minimum atomic E-state index is -0.264. The number of hydrogen-bond donors (Lipinski definition) is 0. The van der Waals surface area contributed by atoms with Crippen molar-refractivity contribution >= 4 is 16.7 Å². The third-order valence-electron chi connectivity index (χ3n) is 6.87. The maximum atomic E-state index is 13.9. The number of hydrogen-bond acceptors (Lipinski definition) is 6. The van der Waals surface area contributed by atoms with Crippen molar-refractivity contribution in [2.75, 3.05) is 25.1 Å². The predicted molar refractivity (Wildman–Crippen MR) is 129 cm³/mol. The second-order valence-electron chi connectivity index (χ2n) is 9.14. The van der Waals surface area contributed by atoms with Crippen LogP contribution in [-0.2, 0) is 24.9 Å². The Kier molecular flexibility index (Phi) is 6.73. The van der Waals surface area contributed by atoms with Crippen molar-refractivity contribution in [1.29, 1.82) is 5.26 Å². The van der Waals surface area contributed by atoms with Gasteiger partial charge in [-0.15, -0.1) is 0 Å². The molecule has 3 heterocycles. The number of nitriles is 1. The molecule has 0 unspecified atom stereocenters. The van der Waals surface area contributed by atoms with Crippen molar-refractivity contribution < 1.29 is 9.13 Å². The molecule has 0 amide bonds. The number of halogens is 1. The molecule has 2 aromatic heterocycles. The average molecular weight is 467 g/mol. The number of benzene rings is 1. The number of aryl methyl sites for hydroxylation is 1. The van der Waals surface area contributed by atoms with E-state index in [1.54, 1.807) is 41.7 Å². The van der Waals surface area contributed by atoms with E-state index in [2.05, 4.69) is 41.7 Å². The summed E-state index contributed by atoms with van der Waals surface area (Å²) in [5.74, 6) is -0.264. The molecule has 1 aliphatic rings. The van der Waals surface area contributed by atoms with E-state index < -0.39 is 0 Å². The summed E-state index contributed by atoms with van der Waals surface area (Å²) in [5.41, 5.74) is 4.03. The molecule has 0 aliphatic carbocycles. The molecule has 34 heavy (non-hydrogen) atoms. The lowest BCUT2D eigenvalue weighted by Crippen LogP contribution is -2.57. The van der Waals surface area contributed by atoms with E-state index in [9.17, 15) is 9.18 Å². The molecule has 0 N–H and O–H groups in total. The number of piperazine rings is 1. The van der Waals surface area contributed by atoms with Gasteiger partial charge in [0.1, 0.15) is 17.9 Å². The summed E-state index contributed by atoms with van der Waals surface area (Å²) in [7, 11) is 3.34. The zero-order valence-corrected chi connectivity index (χ0v) is 20.3. The van der Waals surface area contributed by atoms with Gasteiger partial charge in [-0.25, -0.2) is 4.39 Å². The third kappa shape index (κ3) is 4.31. The summed E-state index contributed by atoms with van der Waals surface area (Å²) < 4.78 is 22.3. The summed E-state index contributed by atoms with van der Waals surface area (Å²) in [4.78, 5) is 17.4. The van der Waals surface area contributed by atoms with Gasteiger partial charge in [0, 0.05) is 51.4 Å². The Morgan fingerprint density at radius 1 is 1.26 bits per heavy atom. The first-order valence-electron chi connectivity index (χ1n) is 11.5. The number of pyridine rings is 1. The molecule has 180 valence electrons. The monoisotopic (exact) mass is 466 g/mol. The molecule has 1 saturated heterocycles. The largest absolute Gasteiger partial charge is 0.380 e. The van der Waals surface area contributed by atoms with Crippen molar-refractivity contribution in [1.82, 2.24) is 19.2 Å². The van der Waals surface area contributed by atoms with Crippen LogP contribution in [0.25, 0.3) is 11.0 Å². The zero-order valence-electron chi connectivity index (χ0n) is 20.3.